The van der Waals surface area contributed by atoms with Gasteiger partial charge in [0.1, 0.15) is 11.5 Å². The summed E-state index contributed by atoms with van der Waals surface area (Å²) >= 11 is 0. The number of amides is 1. The second-order valence-corrected chi connectivity index (χ2v) is 9.07. The van der Waals surface area contributed by atoms with E-state index >= 15 is 0 Å². The van der Waals surface area contributed by atoms with Crippen LogP contribution in [0, 0.1) is 0 Å². The standard InChI is InChI=1S/C16H20N3O7PS/c17-12(10-18-16(20)27(21,22)23)11-28(24,25)19-13-6-8-15(9-7-13)26-14-4-2-1-3-5-14/h1-9,12,19H,10-11,17H2,(H,18,20)(H2,21,22,23)/t12-/m1/s1. The average Bonchev–Trinajstić information content (AvgIpc) is 2.60. The van der Waals surface area contributed by atoms with Gasteiger partial charge in [0.2, 0.25) is 10.0 Å². The Bertz CT molecular complexity index is 946. The van der Waals surface area contributed by atoms with Crippen LogP contribution in [0.1, 0.15) is 0 Å². The molecule has 0 radical (unpaired) electrons. The summed E-state index contributed by atoms with van der Waals surface area (Å²) < 4.78 is 42.9. The zero-order chi connectivity index (χ0) is 20.8. The molecule has 0 aliphatic rings. The van der Waals surface area contributed by atoms with Crippen LogP contribution in [0.3, 0.4) is 0 Å². The fourth-order valence-electron chi connectivity index (χ4n) is 2.10. The van der Waals surface area contributed by atoms with E-state index in [0.29, 0.717) is 11.5 Å². The molecule has 0 saturated carbocycles. The first-order valence-electron chi connectivity index (χ1n) is 7.98. The van der Waals surface area contributed by atoms with Crippen LogP contribution in [-0.4, -0.2) is 42.2 Å². The van der Waals surface area contributed by atoms with Crippen LogP contribution < -0.4 is 20.5 Å². The molecule has 0 spiro atoms. The summed E-state index contributed by atoms with van der Waals surface area (Å²) in [5.41, 5.74) is 4.38. The smallest absolute Gasteiger partial charge is 0.413 e. The Kier molecular flexibility index (Phi) is 7.17. The van der Waals surface area contributed by atoms with Crippen LogP contribution in [0.15, 0.2) is 54.6 Å². The van der Waals surface area contributed by atoms with Gasteiger partial charge in [0.05, 0.1) is 5.75 Å². The van der Waals surface area contributed by atoms with Gasteiger partial charge in [-0.1, -0.05) is 18.2 Å². The van der Waals surface area contributed by atoms with Crippen molar-refractivity contribution in [2.45, 2.75) is 6.04 Å². The van der Waals surface area contributed by atoms with Crippen LogP contribution in [0.5, 0.6) is 11.5 Å². The molecule has 10 nitrogen and oxygen atoms in total. The van der Waals surface area contributed by atoms with E-state index in [1.807, 2.05) is 23.5 Å². The second-order valence-electron chi connectivity index (χ2n) is 5.81. The maximum Gasteiger partial charge on any atom is 0.413 e. The van der Waals surface area contributed by atoms with Crippen LogP contribution in [0.4, 0.5) is 10.5 Å². The lowest BCUT2D eigenvalue weighted by Gasteiger charge is -2.15. The first-order chi connectivity index (χ1) is 13.0. The van der Waals surface area contributed by atoms with E-state index in [9.17, 15) is 17.8 Å². The largest absolute Gasteiger partial charge is 0.457 e. The van der Waals surface area contributed by atoms with Gasteiger partial charge in [0, 0.05) is 18.3 Å². The number of hydrogen-bond acceptors (Lipinski definition) is 6. The highest BCUT2D eigenvalue weighted by molar-refractivity contribution is 7.92. The van der Waals surface area contributed by atoms with Crippen LogP contribution in [0.2, 0.25) is 0 Å². The molecule has 2 aromatic rings. The minimum absolute atomic E-state index is 0.284. The van der Waals surface area contributed by atoms with Gasteiger partial charge in [-0.3, -0.25) is 9.52 Å². The highest BCUT2D eigenvalue weighted by Crippen LogP contribution is 2.34. The molecular weight excluding hydrogens is 409 g/mol. The third kappa shape index (κ3) is 7.29. The maximum atomic E-state index is 12.1. The average molecular weight is 429 g/mol. The molecule has 0 aliphatic heterocycles. The summed E-state index contributed by atoms with van der Waals surface area (Å²) in [4.78, 5) is 28.4. The van der Waals surface area contributed by atoms with Crippen molar-refractivity contribution in [2.24, 2.45) is 5.73 Å². The molecule has 0 aliphatic carbocycles. The Morgan fingerprint density at radius 3 is 2.21 bits per heavy atom. The Morgan fingerprint density at radius 2 is 1.64 bits per heavy atom. The number of nitrogens with one attached hydrogen (secondary N) is 2. The number of para-hydroxylation sites is 1. The molecule has 1 atom stereocenters. The zero-order valence-corrected chi connectivity index (χ0v) is 16.3. The van der Waals surface area contributed by atoms with Gasteiger partial charge in [0.15, 0.2) is 0 Å². The Balaban J connectivity index is 1.89. The minimum atomic E-state index is -4.93. The van der Waals surface area contributed by atoms with E-state index in [2.05, 4.69) is 4.72 Å². The van der Waals surface area contributed by atoms with Gasteiger partial charge in [-0.2, -0.15) is 0 Å². The summed E-state index contributed by atoms with van der Waals surface area (Å²) in [5, 5.41) is 1.90. The number of benzene rings is 2. The predicted molar refractivity (Wildman–Crippen MR) is 104 cm³/mol. The molecule has 1 amide bonds. The van der Waals surface area contributed by atoms with Crippen LogP contribution >= 0.6 is 7.60 Å². The fraction of sp³-hybridized carbons (Fsp3) is 0.188. The van der Waals surface area contributed by atoms with Crippen LogP contribution in [0.25, 0.3) is 0 Å². The Hall–Kier alpha value is -2.43. The fourth-order valence-corrected chi connectivity index (χ4v) is 3.66. The number of rotatable bonds is 9. The van der Waals surface area contributed by atoms with E-state index in [4.69, 9.17) is 20.3 Å². The highest BCUT2D eigenvalue weighted by Gasteiger charge is 2.26. The summed E-state index contributed by atoms with van der Waals surface area (Å²) in [5.74, 6) is 0.599. The normalized spacial score (nSPS) is 12.8. The number of sulfonamides is 1. The number of hydrogen-bond donors (Lipinski definition) is 5. The predicted octanol–water partition coefficient (Wildman–Crippen LogP) is 1.44. The molecule has 12 heteroatoms. The molecule has 0 heterocycles. The van der Waals surface area contributed by atoms with E-state index in [-0.39, 0.29) is 5.69 Å². The third-order valence-electron chi connectivity index (χ3n) is 3.32. The topological polar surface area (TPSA) is 168 Å². The monoisotopic (exact) mass is 429 g/mol. The van der Waals surface area contributed by atoms with Crippen molar-refractivity contribution in [2.75, 3.05) is 17.0 Å². The van der Waals surface area contributed by atoms with Crippen molar-refractivity contribution < 1.29 is 32.3 Å². The molecule has 0 saturated heterocycles. The highest BCUT2D eigenvalue weighted by atomic mass is 32.2. The molecule has 2 rings (SSSR count). The number of anilines is 1. The lowest BCUT2D eigenvalue weighted by molar-refractivity contribution is 0.248. The second kappa shape index (κ2) is 9.18. The van der Waals surface area contributed by atoms with E-state index < -0.39 is 41.6 Å². The molecule has 2 aromatic carbocycles. The van der Waals surface area contributed by atoms with Gasteiger partial charge in [-0.15, -0.1) is 0 Å². The molecule has 152 valence electrons. The van der Waals surface area contributed by atoms with Crippen molar-refractivity contribution in [3.63, 3.8) is 0 Å². The van der Waals surface area contributed by atoms with E-state index in [1.165, 1.54) is 12.1 Å². The molecule has 0 bridgehead atoms. The van der Waals surface area contributed by atoms with Crippen LogP contribution in [-0.2, 0) is 14.6 Å². The SMILES string of the molecule is N[C@H](CNC(=O)P(=O)(O)O)CS(=O)(=O)Nc1ccc(Oc2ccccc2)cc1. The van der Waals surface area contributed by atoms with E-state index in [1.54, 1.807) is 24.3 Å². The molecule has 0 unspecified atom stereocenters. The van der Waals surface area contributed by atoms with Crippen molar-refractivity contribution in [3.8, 4) is 11.5 Å². The summed E-state index contributed by atoms with van der Waals surface area (Å²) in [6.45, 7) is -0.408. The molecule has 28 heavy (non-hydrogen) atoms. The summed E-state index contributed by atoms with van der Waals surface area (Å²) in [7, 11) is -8.78. The molecule has 0 fully saturated rings. The zero-order valence-electron chi connectivity index (χ0n) is 14.6. The molecular formula is C16H20N3O7PS. The third-order valence-corrected chi connectivity index (χ3v) is 5.42. The van der Waals surface area contributed by atoms with Crippen molar-refractivity contribution in [1.29, 1.82) is 0 Å². The number of nitrogens with two attached hydrogens (primary N) is 1. The lowest BCUT2D eigenvalue weighted by Crippen LogP contribution is -2.42. The Morgan fingerprint density at radius 1 is 1.07 bits per heavy atom. The molecule has 0 aromatic heterocycles. The lowest BCUT2D eigenvalue weighted by atomic mass is 10.3. The number of carbonyl (C=O) groups excluding carboxylic acids is 1. The quantitative estimate of drug-likeness (QED) is 0.373. The molecule has 6 N–H and O–H groups in total. The first-order valence-corrected chi connectivity index (χ1v) is 11.2. The van der Waals surface area contributed by atoms with Gasteiger partial charge >= 0.3 is 13.2 Å². The van der Waals surface area contributed by atoms with Crippen molar-refractivity contribution >= 4 is 29.0 Å². The number of carbonyl (C=O) groups is 1. The van der Waals surface area contributed by atoms with Crippen molar-refractivity contribution in [3.05, 3.63) is 54.6 Å². The van der Waals surface area contributed by atoms with E-state index in [0.717, 1.165) is 0 Å². The summed E-state index contributed by atoms with van der Waals surface area (Å²) in [6.07, 6.45) is 0. The minimum Gasteiger partial charge on any atom is -0.457 e. The van der Waals surface area contributed by atoms with Gasteiger partial charge in [0.25, 0.3) is 0 Å². The van der Waals surface area contributed by atoms with Gasteiger partial charge in [-0.05, 0) is 36.4 Å². The van der Waals surface area contributed by atoms with Gasteiger partial charge < -0.3 is 25.6 Å². The number of ether oxygens (including phenoxy) is 1. The van der Waals surface area contributed by atoms with Crippen molar-refractivity contribution in [1.82, 2.24) is 5.32 Å². The summed E-state index contributed by atoms with van der Waals surface area (Å²) in [6, 6.07) is 14.2. The Labute approximate surface area is 161 Å². The first kappa shape index (κ1) is 21.9. The van der Waals surface area contributed by atoms with Gasteiger partial charge in [-0.25, -0.2) is 13.0 Å². The maximum absolute atomic E-state index is 12.1.